The van der Waals surface area contributed by atoms with E-state index in [4.69, 9.17) is 4.74 Å². The lowest BCUT2D eigenvalue weighted by atomic mass is 10.2. The van der Waals surface area contributed by atoms with Crippen LogP contribution in [-0.4, -0.2) is 19.2 Å². The van der Waals surface area contributed by atoms with Crippen LogP contribution in [0.3, 0.4) is 0 Å². The summed E-state index contributed by atoms with van der Waals surface area (Å²) in [5.41, 5.74) is 0.647. The first-order valence-corrected chi connectivity index (χ1v) is 6.66. The molecule has 102 valence electrons. The molecule has 3 heteroatoms. The molecule has 1 N–H and O–H groups in total. The van der Waals surface area contributed by atoms with Crippen LogP contribution in [0, 0.1) is 18.7 Å². The van der Waals surface area contributed by atoms with E-state index in [2.05, 4.69) is 26.1 Å². The number of ether oxygens (including phenoxy) is 1. The van der Waals surface area contributed by atoms with Crippen LogP contribution in [0.15, 0.2) is 18.2 Å². The molecule has 2 nitrogen and oxygen atoms in total. The zero-order valence-electron chi connectivity index (χ0n) is 11.8. The molecule has 0 fully saturated rings. The van der Waals surface area contributed by atoms with Gasteiger partial charge in [0.2, 0.25) is 0 Å². The Kier molecular flexibility index (Phi) is 6.13. The van der Waals surface area contributed by atoms with Crippen molar-refractivity contribution in [1.29, 1.82) is 0 Å². The monoisotopic (exact) mass is 253 g/mol. The number of hydrogen-bond acceptors (Lipinski definition) is 2. The van der Waals surface area contributed by atoms with E-state index in [-0.39, 0.29) is 11.9 Å². The molecule has 1 aromatic rings. The van der Waals surface area contributed by atoms with Crippen LogP contribution in [0.4, 0.5) is 4.39 Å². The van der Waals surface area contributed by atoms with Gasteiger partial charge < -0.3 is 10.1 Å². The predicted molar refractivity (Wildman–Crippen MR) is 73.6 cm³/mol. The van der Waals surface area contributed by atoms with E-state index in [1.54, 1.807) is 13.0 Å². The predicted octanol–water partition coefficient (Wildman–Crippen LogP) is 3.54. The number of nitrogens with one attached hydrogen (secondary N) is 1. The Morgan fingerprint density at radius 3 is 2.56 bits per heavy atom. The molecule has 0 bridgehead atoms. The largest absolute Gasteiger partial charge is 0.489 e. The zero-order valence-corrected chi connectivity index (χ0v) is 11.8. The molecule has 0 saturated carbocycles. The van der Waals surface area contributed by atoms with Crippen molar-refractivity contribution in [2.24, 2.45) is 5.92 Å². The van der Waals surface area contributed by atoms with E-state index >= 15 is 0 Å². The first-order valence-electron chi connectivity index (χ1n) is 6.66. The van der Waals surface area contributed by atoms with Crippen molar-refractivity contribution in [2.75, 3.05) is 13.1 Å². The standard InChI is InChI=1S/C15H24FNO/c1-5-13(10-17-9-11(2)3)18-14-7-6-12(4)15(16)8-14/h6-8,11,13,17H,5,9-10H2,1-4H3. The third-order valence-electron chi connectivity index (χ3n) is 2.83. The number of aryl methyl sites for hydroxylation is 1. The van der Waals surface area contributed by atoms with Crippen LogP contribution >= 0.6 is 0 Å². The molecule has 0 aliphatic rings. The highest BCUT2D eigenvalue weighted by atomic mass is 19.1. The maximum atomic E-state index is 13.4. The van der Waals surface area contributed by atoms with Crippen LogP contribution in [0.2, 0.25) is 0 Å². The van der Waals surface area contributed by atoms with E-state index in [1.807, 2.05) is 6.07 Å². The molecule has 0 saturated heterocycles. The van der Waals surface area contributed by atoms with Crippen molar-refractivity contribution < 1.29 is 9.13 Å². The van der Waals surface area contributed by atoms with E-state index in [9.17, 15) is 4.39 Å². The van der Waals surface area contributed by atoms with Gasteiger partial charge in [0.25, 0.3) is 0 Å². The second kappa shape index (κ2) is 7.37. The first-order chi connectivity index (χ1) is 8.52. The molecule has 0 spiro atoms. The van der Waals surface area contributed by atoms with Crippen molar-refractivity contribution in [3.05, 3.63) is 29.6 Å². The summed E-state index contributed by atoms with van der Waals surface area (Å²) in [5.74, 6) is 1.02. The van der Waals surface area contributed by atoms with E-state index in [0.29, 0.717) is 17.2 Å². The Hall–Kier alpha value is -1.09. The number of benzene rings is 1. The highest BCUT2D eigenvalue weighted by molar-refractivity contribution is 5.28. The zero-order chi connectivity index (χ0) is 13.5. The van der Waals surface area contributed by atoms with Crippen molar-refractivity contribution >= 4 is 0 Å². The van der Waals surface area contributed by atoms with Gasteiger partial charge in [0.05, 0.1) is 0 Å². The van der Waals surface area contributed by atoms with Crippen LogP contribution in [0.5, 0.6) is 5.75 Å². The lowest BCUT2D eigenvalue weighted by Crippen LogP contribution is -2.33. The molecule has 18 heavy (non-hydrogen) atoms. The van der Waals surface area contributed by atoms with Gasteiger partial charge in [0, 0.05) is 12.6 Å². The van der Waals surface area contributed by atoms with Gasteiger partial charge in [-0.25, -0.2) is 4.39 Å². The summed E-state index contributed by atoms with van der Waals surface area (Å²) in [5, 5.41) is 3.36. The van der Waals surface area contributed by atoms with Gasteiger partial charge in [-0.15, -0.1) is 0 Å². The normalized spacial score (nSPS) is 12.8. The fourth-order valence-electron chi connectivity index (χ4n) is 1.64. The Morgan fingerprint density at radius 2 is 2.00 bits per heavy atom. The van der Waals surface area contributed by atoms with Crippen molar-refractivity contribution in [3.8, 4) is 5.75 Å². The molecule has 0 heterocycles. The average molecular weight is 253 g/mol. The topological polar surface area (TPSA) is 21.3 Å². The summed E-state index contributed by atoms with van der Waals surface area (Å²) >= 11 is 0. The average Bonchev–Trinajstić information content (AvgIpc) is 2.32. The Bertz CT molecular complexity index is 366. The molecule has 0 aliphatic heterocycles. The van der Waals surface area contributed by atoms with Gasteiger partial charge >= 0.3 is 0 Å². The molecule has 0 aromatic heterocycles. The second-order valence-electron chi connectivity index (χ2n) is 5.11. The maximum Gasteiger partial charge on any atom is 0.129 e. The Morgan fingerprint density at radius 1 is 1.28 bits per heavy atom. The first kappa shape index (κ1) is 15.0. The molecule has 0 radical (unpaired) electrons. The summed E-state index contributed by atoms with van der Waals surface area (Å²) in [6.07, 6.45) is 0.992. The molecule has 1 aromatic carbocycles. The quantitative estimate of drug-likeness (QED) is 0.802. The lowest BCUT2D eigenvalue weighted by Gasteiger charge is -2.19. The summed E-state index contributed by atoms with van der Waals surface area (Å²) in [7, 11) is 0. The Labute approximate surface area is 110 Å². The minimum Gasteiger partial charge on any atom is -0.489 e. The van der Waals surface area contributed by atoms with E-state index in [1.165, 1.54) is 6.07 Å². The summed E-state index contributed by atoms with van der Waals surface area (Å²) in [4.78, 5) is 0. The molecule has 0 amide bonds. The number of hydrogen-bond donors (Lipinski definition) is 1. The molecule has 0 aliphatic carbocycles. The van der Waals surface area contributed by atoms with Gasteiger partial charge in [-0.05, 0) is 37.4 Å². The summed E-state index contributed by atoms with van der Waals surface area (Å²) in [6, 6.07) is 5.03. The molecule has 1 atom stereocenters. The van der Waals surface area contributed by atoms with Crippen molar-refractivity contribution in [2.45, 2.75) is 40.2 Å². The van der Waals surface area contributed by atoms with E-state index < -0.39 is 0 Å². The summed E-state index contributed by atoms with van der Waals surface area (Å²) in [6.45, 7) is 9.94. The lowest BCUT2D eigenvalue weighted by molar-refractivity contribution is 0.191. The van der Waals surface area contributed by atoms with Gasteiger partial charge in [0.15, 0.2) is 0 Å². The Balaban J connectivity index is 2.49. The van der Waals surface area contributed by atoms with E-state index in [0.717, 1.165) is 19.5 Å². The van der Waals surface area contributed by atoms with Crippen molar-refractivity contribution in [1.82, 2.24) is 5.32 Å². The number of rotatable bonds is 7. The van der Waals surface area contributed by atoms with Crippen LogP contribution in [-0.2, 0) is 0 Å². The van der Waals surface area contributed by atoms with Gasteiger partial charge in [-0.3, -0.25) is 0 Å². The molecular formula is C15H24FNO. The van der Waals surface area contributed by atoms with Gasteiger partial charge in [0.1, 0.15) is 17.7 Å². The maximum absolute atomic E-state index is 13.4. The van der Waals surface area contributed by atoms with Crippen LogP contribution < -0.4 is 10.1 Å². The minimum absolute atomic E-state index is 0.0888. The van der Waals surface area contributed by atoms with Gasteiger partial charge in [-0.1, -0.05) is 26.8 Å². The number of halogens is 1. The fourth-order valence-corrected chi connectivity index (χ4v) is 1.64. The molecular weight excluding hydrogens is 229 g/mol. The van der Waals surface area contributed by atoms with Crippen LogP contribution in [0.1, 0.15) is 32.8 Å². The van der Waals surface area contributed by atoms with Crippen LogP contribution in [0.25, 0.3) is 0 Å². The van der Waals surface area contributed by atoms with Crippen molar-refractivity contribution in [3.63, 3.8) is 0 Å². The minimum atomic E-state index is -0.211. The SMILES string of the molecule is CCC(CNCC(C)C)Oc1ccc(C)c(F)c1. The highest BCUT2D eigenvalue weighted by Crippen LogP contribution is 2.17. The molecule has 1 rings (SSSR count). The second-order valence-corrected chi connectivity index (χ2v) is 5.11. The third-order valence-corrected chi connectivity index (χ3v) is 2.83. The fraction of sp³-hybridized carbons (Fsp3) is 0.600. The smallest absolute Gasteiger partial charge is 0.129 e. The molecule has 1 unspecified atom stereocenters. The van der Waals surface area contributed by atoms with Gasteiger partial charge in [-0.2, -0.15) is 0 Å². The summed E-state index contributed by atoms with van der Waals surface area (Å²) < 4.78 is 19.2. The highest BCUT2D eigenvalue weighted by Gasteiger charge is 2.09. The third kappa shape index (κ3) is 5.05.